The van der Waals surface area contributed by atoms with Crippen molar-refractivity contribution in [2.75, 3.05) is 4.72 Å². The van der Waals surface area contributed by atoms with Gasteiger partial charge < -0.3 is 0 Å². The third kappa shape index (κ3) is 2.48. The van der Waals surface area contributed by atoms with Crippen molar-refractivity contribution in [1.29, 1.82) is 0 Å². The van der Waals surface area contributed by atoms with Gasteiger partial charge >= 0.3 is 0 Å². The third-order valence-corrected chi connectivity index (χ3v) is 4.78. The molecule has 0 amide bonds. The Hall–Kier alpha value is -1.16. The Labute approximate surface area is 117 Å². The molecule has 96 valence electrons. The summed E-state index contributed by atoms with van der Waals surface area (Å²) < 4.78 is 41.2. The molecule has 8 heteroatoms. The molecule has 0 radical (unpaired) electrons. The van der Waals surface area contributed by atoms with Crippen LogP contribution in [0.15, 0.2) is 35.5 Å². The van der Waals surface area contributed by atoms with Crippen molar-refractivity contribution in [2.45, 2.75) is 5.03 Å². The van der Waals surface area contributed by atoms with E-state index in [4.69, 9.17) is 0 Å². The number of rotatable bonds is 3. The molecule has 2 aromatic rings. The lowest BCUT2D eigenvalue weighted by Crippen LogP contribution is -2.17. The molecule has 0 atom stereocenters. The number of sulfonamides is 1. The van der Waals surface area contributed by atoms with Gasteiger partial charge in [-0.2, -0.15) is 13.5 Å². The lowest BCUT2D eigenvalue weighted by Gasteiger charge is -2.09. The first-order valence-electron chi connectivity index (χ1n) is 4.86. The molecule has 0 saturated heterocycles. The Morgan fingerprint density at radius 1 is 1.39 bits per heavy atom. The molecule has 0 saturated carbocycles. The molecule has 0 fully saturated rings. The fourth-order valence-electron chi connectivity index (χ4n) is 1.41. The van der Waals surface area contributed by atoms with E-state index in [1.165, 1.54) is 42.2 Å². The van der Waals surface area contributed by atoms with Gasteiger partial charge in [0.05, 0.1) is 15.5 Å². The topological polar surface area (TPSA) is 64.0 Å². The number of nitrogens with one attached hydrogen (secondary N) is 1. The van der Waals surface area contributed by atoms with E-state index in [2.05, 4.69) is 9.82 Å². The van der Waals surface area contributed by atoms with Crippen molar-refractivity contribution >= 4 is 38.3 Å². The first kappa shape index (κ1) is 13.3. The van der Waals surface area contributed by atoms with Crippen molar-refractivity contribution in [1.82, 2.24) is 9.78 Å². The molecule has 0 aliphatic carbocycles. The second-order valence-corrected chi connectivity index (χ2v) is 6.21. The Kier molecular flexibility index (Phi) is 3.57. The SMILES string of the molecule is Cn1nccc1S(=O)(=O)Nc1cccc(F)c1I. The molecule has 1 N–H and O–H groups in total. The summed E-state index contributed by atoms with van der Waals surface area (Å²) in [5, 5.41) is 3.80. The fraction of sp³-hybridized carbons (Fsp3) is 0.100. The maximum absolute atomic E-state index is 13.3. The Balaban J connectivity index is 2.40. The standard InChI is InChI=1S/C10H9FIN3O2S/c1-15-9(5-6-13-15)18(16,17)14-8-4-2-3-7(11)10(8)12/h2-6,14H,1H3. The second kappa shape index (κ2) is 4.84. The molecule has 18 heavy (non-hydrogen) atoms. The number of halogens is 2. The third-order valence-electron chi connectivity index (χ3n) is 2.25. The highest BCUT2D eigenvalue weighted by atomic mass is 127. The van der Waals surface area contributed by atoms with Crippen LogP contribution in [0.25, 0.3) is 0 Å². The van der Waals surface area contributed by atoms with E-state index < -0.39 is 15.8 Å². The van der Waals surface area contributed by atoms with Crippen LogP contribution in [0.5, 0.6) is 0 Å². The van der Waals surface area contributed by atoms with Crippen molar-refractivity contribution < 1.29 is 12.8 Å². The van der Waals surface area contributed by atoms with E-state index in [-0.39, 0.29) is 14.3 Å². The maximum atomic E-state index is 13.3. The predicted octanol–water partition coefficient (Wildman–Crippen LogP) is 1.96. The van der Waals surface area contributed by atoms with Gasteiger partial charge in [0.25, 0.3) is 10.0 Å². The van der Waals surface area contributed by atoms with Crippen LogP contribution < -0.4 is 4.72 Å². The first-order valence-corrected chi connectivity index (χ1v) is 7.43. The van der Waals surface area contributed by atoms with E-state index >= 15 is 0 Å². The minimum Gasteiger partial charge on any atom is -0.277 e. The molecule has 2 rings (SSSR count). The molecular weight excluding hydrogens is 372 g/mol. The number of aryl methyl sites for hydroxylation is 1. The summed E-state index contributed by atoms with van der Waals surface area (Å²) in [6.45, 7) is 0. The molecule has 0 aliphatic heterocycles. The Morgan fingerprint density at radius 3 is 2.72 bits per heavy atom. The number of nitrogens with zero attached hydrogens (tertiary/aromatic N) is 2. The summed E-state index contributed by atoms with van der Waals surface area (Å²) >= 11 is 1.75. The highest BCUT2D eigenvalue weighted by Gasteiger charge is 2.19. The number of hydrogen-bond acceptors (Lipinski definition) is 3. The Morgan fingerprint density at radius 2 is 2.11 bits per heavy atom. The van der Waals surface area contributed by atoms with Crippen molar-refractivity contribution in [3.63, 3.8) is 0 Å². The molecule has 5 nitrogen and oxygen atoms in total. The van der Waals surface area contributed by atoms with Crippen LogP contribution >= 0.6 is 22.6 Å². The predicted molar refractivity (Wildman–Crippen MR) is 73.1 cm³/mol. The number of aromatic nitrogens is 2. The minimum absolute atomic E-state index is 0.0163. The molecule has 1 aromatic heterocycles. The van der Waals surface area contributed by atoms with Crippen molar-refractivity contribution in [2.24, 2.45) is 7.05 Å². The molecule has 1 aromatic carbocycles. The van der Waals surface area contributed by atoms with Crippen molar-refractivity contribution in [3.8, 4) is 0 Å². The fourth-order valence-corrected chi connectivity index (χ4v) is 3.28. The number of benzene rings is 1. The largest absolute Gasteiger partial charge is 0.279 e. The van der Waals surface area contributed by atoms with Gasteiger partial charge in [0.1, 0.15) is 5.82 Å². The van der Waals surface area contributed by atoms with E-state index in [9.17, 15) is 12.8 Å². The van der Waals surface area contributed by atoms with Gasteiger partial charge in [-0.1, -0.05) is 6.07 Å². The van der Waals surface area contributed by atoms with Gasteiger partial charge in [0.15, 0.2) is 5.03 Å². The van der Waals surface area contributed by atoms with E-state index in [0.29, 0.717) is 0 Å². The van der Waals surface area contributed by atoms with Crippen LogP contribution in [0.1, 0.15) is 0 Å². The molecule has 0 unspecified atom stereocenters. The first-order chi connectivity index (χ1) is 8.42. The van der Waals surface area contributed by atoms with Crippen LogP contribution in [-0.4, -0.2) is 18.2 Å². The molecule has 0 spiro atoms. The summed E-state index contributed by atoms with van der Waals surface area (Å²) in [7, 11) is -2.24. The normalized spacial score (nSPS) is 11.5. The zero-order valence-corrected chi connectivity index (χ0v) is 12.2. The van der Waals surface area contributed by atoms with Crippen LogP contribution in [0.3, 0.4) is 0 Å². The highest BCUT2D eigenvalue weighted by molar-refractivity contribution is 14.1. The maximum Gasteiger partial charge on any atom is 0.279 e. The van der Waals surface area contributed by atoms with Gasteiger partial charge in [-0.15, -0.1) is 0 Å². The van der Waals surface area contributed by atoms with E-state index in [1.807, 2.05) is 0 Å². The van der Waals surface area contributed by atoms with Crippen LogP contribution in [0.2, 0.25) is 0 Å². The molecule has 0 bridgehead atoms. The average Bonchev–Trinajstić information content (AvgIpc) is 2.72. The van der Waals surface area contributed by atoms with E-state index in [0.717, 1.165) is 0 Å². The van der Waals surface area contributed by atoms with Gasteiger partial charge in [-0.3, -0.25) is 9.40 Å². The average molecular weight is 381 g/mol. The van der Waals surface area contributed by atoms with Crippen molar-refractivity contribution in [3.05, 3.63) is 39.8 Å². The van der Waals surface area contributed by atoms with E-state index in [1.54, 1.807) is 22.6 Å². The second-order valence-electron chi connectivity index (χ2n) is 3.50. The number of anilines is 1. The zero-order chi connectivity index (χ0) is 13.3. The summed E-state index contributed by atoms with van der Waals surface area (Å²) in [5.41, 5.74) is 0.205. The highest BCUT2D eigenvalue weighted by Crippen LogP contribution is 2.23. The van der Waals surface area contributed by atoms with Gasteiger partial charge in [-0.05, 0) is 40.8 Å². The lowest BCUT2D eigenvalue weighted by atomic mass is 10.3. The van der Waals surface area contributed by atoms with Crippen LogP contribution in [0, 0.1) is 9.39 Å². The van der Waals surface area contributed by atoms with Crippen LogP contribution in [-0.2, 0) is 17.1 Å². The van der Waals surface area contributed by atoms with Gasteiger partial charge in [0.2, 0.25) is 0 Å². The molecule has 1 heterocycles. The van der Waals surface area contributed by atoms with Gasteiger partial charge in [0, 0.05) is 7.05 Å². The monoisotopic (exact) mass is 381 g/mol. The minimum atomic E-state index is -3.76. The lowest BCUT2D eigenvalue weighted by molar-refractivity contribution is 0.582. The zero-order valence-electron chi connectivity index (χ0n) is 9.26. The Bertz CT molecular complexity index is 684. The molecular formula is C10H9FIN3O2S. The summed E-state index contributed by atoms with van der Waals surface area (Å²) in [4.78, 5) is 0. The smallest absolute Gasteiger partial charge is 0.277 e. The summed E-state index contributed by atoms with van der Waals surface area (Å²) in [6.07, 6.45) is 1.38. The quantitative estimate of drug-likeness (QED) is 0.827. The van der Waals surface area contributed by atoms with Gasteiger partial charge in [-0.25, -0.2) is 4.39 Å². The summed E-state index contributed by atoms with van der Waals surface area (Å²) in [6, 6.07) is 5.58. The molecule has 0 aliphatic rings. The van der Waals surface area contributed by atoms with Crippen LogP contribution in [0.4, 0.5) is 10.1 Å². The summed E-state index contributed by atoms with van der Waals surface area (Å²) in [5.74, 6) is -0.471. The number of hydrogen-bond donors (Lipinski definition) is 1.